The normalized spacial score (nSPS) is 11.6. The third-order valence-corrected chi connectivity index (χ3v) is 3.07. The van der Waals surface area contributed by atoms with Crippen LogP contribution in [0.4, 0.5) is 0 Å². The molecular weight excluding hydrogens is 351 g/mol. The van der Waals surface area contributed by atoms with Gasteiger partial charge in [-0.25, -0.2) is 4.79 Å². The number of benzene rings is 1. The molecule has 0 bridgehead atoms. The predicted octanol–water partition coefficient (Wildman–Crippen LogP) is 0.350. The van der Waals surface area contributed by atoms with Crippen molar-refractivity contribution >= 4 is 40.4 Å². The van der Waals surface area contributed by atoms with Gasteiger partial charge in [0, 0.05) is 3.57 Å². The van der Waals surface area contributed by atoms with Crippen LogP contribution in [0.5, 0.6) is 0 Å². The molecule has 0 aliphatic heterocycles. The van der Waals surface area contributed by atoms with Crippen LogP contribution in [0.25, 0.3) is 0 Å². The molecule has 0 saturated heterocycles. The molecule has 1 rings (SSSR count). The van der Waals surface area contributed by atoms with Gasteiger partial charge in [-0.15, -0.1) is 0 Å². The minimum absolute atomic E-state index is 0.355. The molecule has 0 heterocycles. The van der Waals surface area contributed by atoms with Gasteiger partial charge in [-0.05, 0) is 34.7 Å². The number of carboxylic acid groups (broad SMARTS) is 1. The lowest BCUT2D eigenvalue weighted by molar-refractivity contribution is -0.140. The second-order valence-electron chi connectivity index (χ2n) is 3.51. The van der Waals surface area contributed by atoms with Crippen LogP contribution in [-0.4, -0.2) is 28.9 Å². The van der Waals surface area contributed by atoms with E-state index in [0.717, 1.165) is 0 Å². The summed E-state index contributed by atoms with van der Waals surface area (Å²) < 4.78 is 0.691. The van der Waals surface area contributed by atoms with E-state index in [0.29, 0.717) is 9.13 Å². The number of nitrogens with one attached hydrogen (secondary N) is 1. The molecule has 0 spiro atoms. The predicted molar refractivity (Wildman–Crippen MR) is 71.9 cm³/mol. The quantitative estimate of drug-likeness (QED) is 0.657. The van der Waals surface area contributed by atoms with E-state index >= 15 is 0 Å². The maximum atomic E-state index is 11.8. The Hall–Kier alpha value is -1.64. The summed E-state index contributed by atoms with van der Waals surface area (Å²) in [5.41, 5.74) is 5.28. The minimum Gasteiger partial charge on any atom is -0.480 e. The van der Waals surface area contributed by atoms with Gasteiger partial charge in [0.25, 0.3) is 5.91 Å². The lowest BCUT2D eigenvalue weighted by atomic mass is 10.1. The van der Waals surface area contributed by atoms with E-state index in [1.54, 1.807) is 24.3 Å². The van der Waals surface area contributed by atoms with Crippen molar-refractivity contribution in [1.29, 1.82) is 0 Å². The van der Waals surface area contributed by atoms with Gasteiger partial charge in [0.05, 0.1) is 12.0 Å². The number of aliphatic carboxylic acids is 1. The summed E-state index contributed by atoms with van der Waals surface area (Å²) in [6, 6.07) is 5.41. The van der Waals surface area contributed by atoms with Crippen LogP contribution in [0.15, 0.2) is 24.3 Å². The highest BCUT2D eigenvalue weighted by atomic mass is 127. The van der Waals surface area contributed by atoms with E-state index in [9.17, 15) is 14.4 Å². The number of amides is 2. The number of halogens is 1. The molecule has 0 saturated carbocycles. The smallest absolute Gasteiger partial charge is 0.326 e. The Balaban J connectivity index is 2.82. The zero-order valence-electron chi connectivity index (χ0n) is 9.22. The van der Waals surface area contributed by atoms with Crippen LogP contribution < -0.4 is 11.1 Å². The highest BCUT2D eigenvalue weighted by molar-refractivity contribution is 14.1. The van der Waals surface area contributed by atoms with Crippen LogP contribution in [-0.2, 0) is 9.59 Å². The largest absolute Gasteiger partial charge is 0.480 e. The molecule has 18 heavy (non-hydrogen) atoms. The van der Waals surface area contributed by atoms with Crippen molar-refractivity contribution in [2.24, 2.45) is 5.73 Å². The first-order valence-corrected chi connectivity index (χ1v) is 6.06. The Morgan fingerprint density at radius 1 is 1.33 bits per heavy atom. The molecule has 0 fully saturated rings. The Kier molecular flexibility index (Phi) is 5.08. The molecule has 96 valence electrons. The first kappa shape index (κ1) is 14.4. The molecule has 1 aromatic carbocycles. The standard InChI is InChI=1S/C11H11IN2O4/c12-7-4-2-1-3-6(7)10(16)14-8(11(17)18)5-9(13)15/h1-4,8H,5H2,(H2,13,15)(H,14,16)(H,17,18). The van der Waals surface area contributed by atoms with E-state index < -0.39 is 30.2 Å². The third kappa shape index (κ3) is 3.99. The minimum atomic E-state index is -1.31. The third-order valence-electron chi connectivity index (χ3n) is 2.13. The number of primary amides is 1. The number of hydrogen-bond donors (Lipinski definition) is 3. The van der Waals surface area contributed by atoms with Gasteiger partial charge in [-0.3, -0.25) is 9.59 Å². The Bertz CT molecular complexity index is 490. The fourth-order valence-electron chi connectivity index (χ4n) is 1.28. The van der Waals surface area contributed by atoms with Gasteiger partial charge < -0.3 is 16.2 Å². The maximum Gasteiger partial charge on any atom is 0.326 e. The van der Waals surface area contributed by atoms with Crippen molar-refractivity contribution in [2.75, 3.05) is 0 Å². The second-order valence-corrected chi connectivity index (χ2v) is 4.68. The lowest BCUT2D eigenvalue weighted by Crippen LogP contribution is -2.43. The van der Waals surface area contributed by atoms with E-state index in [2.05, 4.69) is 5.32 Å². The van der Waals surface area contributed by atoms with Crippen molar-refractivity contribution in [2.45, 2.75) is 12.5 Å². The van der Waals surface area contributed by atoms with Gasteiger partial charge in [0.15, 0.2) is 0 Å². The monoisotopic (exact) mass is 362 g/mol. The zero-order chi connectivity index (χ0) is 13.7. The highest BCUT2D eigenvalue weighted by Crippen LogP contribution is 2.11. The fraction of sp³-hybridized carbons (Fsp3) is 0.182. The Morgan fingerprint density at radius 3 is 2.44 bits per heavy atom. The lowest BCUT2D eigenvalue weighted by Gasteiger charge is -2.13. The van der Waals surface area contributed by atoms with Crippen LogP contribution in [0, 0.1) is 3.57 Å². The van der Waals surface area contributed by atoms with Crippen molar-refractivity contribution < 1.29 is 19.5 Å². The summed E-state index contributed by atoms with van der Waals surface area (Å²) in [6.07, 6.45) is -0.440. The molecule has 0 aliphatic carbocycles. The summed E-state index contributed by atoms with van der Waals surface area (Å²) in [4.78, 5) is 33.4. The summed E-state index contributed by atoms with van der Waals surface area (Å²) in [5, 5.41) is 11.1. The van der Waals surface area contributed by atoms with Gasteiger partial charge in [-0.2, -0.15) is 0 Å². The van der Waals surface area contributed by atoms with E-state index in [1.165, 1.54) is 0 Å². The van der Waals surface area contributed by atoms with Gasteiger partial charge in [0.1, 0.15) is 6.04 Å². The zero-order valence-corrected chi connectivity index (χ0v) is 11.4. The van der Waals surface area contributed by atoms with E-state index in [4.69, 9.17) is 10.8 Å². The van der Waals surface area contributed by atoms with Crippen molar-refractivity contribution in [3.8, 4) is 0 Å². The SMILES string of the molecule is NC(=O)CC(NC(=O)c1ccccc1I)C(=O)O. The molecule has 1 atom stereocenters. The highest BCUT2D eigenvalue weighted by Gasteiger charge is 2.23. The number of carbonyl (C=O) groups is 3. The Morgan fingerprint density at radius 2 is 1.94 bits per heavy atom. The first-order valence-electron chi connectivity index (χ1n) is 4.98. The molecule has 4 N–H and O–H groups in total. The molecule has 0 radical (unpaired) electrons. The van der Waals surface area contributed by atoms with Crippen LogP contribution in [0.2, 0.25) is 0 Å². The maximum absolute atomic E-state index is 11.8. The van der Waals surface area contributed by atoms with Crippen molar-refractivity contribution in [1.82, 2.24) is 5.32 Å². The molecule has 1 unspecified atom stereocenters. The summed E-state index contributed by atoms with van der Waals surface area (Å²) >= 11 is 1.97. The number of rotatable bonds is 5. The van der Waals surface area contributed by atoms with E-state index in [-0.39, 0.29) is 0 Å². The second kappa shape index (κ2) is 6.34. The average Bonchev–Trinajstić information content (AvgIpc) is 2.27. The molecule has 6 nitrogen and oxygen atoms in total. The topological polar surface area (TPSA) is 109 Å². The Labute approximate surface area is 117 Å². The van der Waals surface area contributed by atoms with E-state index in [1.807, 2.05) is 22.6 Å². The van der Waals surface area contributed by atoms with Gasteiger partial charge in [0.2, 0.25) is 5.91 Å². The summed E-state index contributed by atoms with van der Waals surface area (Å²) in [6.45, 7) is 0. The molecular formula is C11H11IN2O4. The van der Waals surface area contributed by atoms with Crippen LogP contribution in [0.3, 0.4) is 0 Å². The van der Waals surface area contributed by atoms with Gasteiger partial charge in [-0.1, -0.05) is 12.1 Å². The molecule has 2 amide bonds. The van der Waals surface area contributed by atoms with Crippen molar-refractivity contribution in [3.63, 3.8) is 0 Å². The summed E-state index contributed by atoms with van der Waals surface area (Å²) in [7, 11) is 0. The molecule has 0 aliphatic rings. The van der Waals surface area contributed by atoms with Gasteiger partial charge >= 0.3 is 5.97 Å². The molecule has 0 aromatic heterocycles. The fourth-order valence-corrected chi connectivity index (χ4v) is 1.91. The summed E-state index contributed by atoms with van der Waals surface area (Å²) in [5.74, 6) is -2.63. The molecule has 7 heteroatoms. The van der Waals surface area contributed by atoms with Crippen LogP contribution >= 0.6 is 22.6 Å². The number of carboxylic acids is 1. The number of carbonyl (C=O) groups excluding carboxylic acids is 2. The number of hydrogen-bond acceptors (Lipinski definition) is 3. The van der Waals surface area contributed by atoms with Crippen LogP contribution in [0.1, 0.15) is 16.8 Å². The average molecular weight is 362 g/mol. The molecule has 1 aromatic rings. The van der Waals surface area contributed by atoms with Crippen molar-refractivity contribution in [3.05, 3.63) is 33.4 Å². The number of nitrogens with two attached hydrogens (primary N) is 1. The first-order chi connectivity index (χ1) is 8.41.